The highest BCUT2D eigenvalue weighted by Crippen LogP contribution is 2.47. The van der Waals surface area contributed by atoms with E-state index in [4.69, 9.17) is 8.83 Å². The number of nitrogens with zero attached hydrogens (tertiary/aromatic N) is 1. The molecule has 3 nitrogen and oxygen atoms in total. The largest absolute Gasteiger partial charge is 0.456 e. The van der Waals surface area contributed by atoms with Crippen LogP contribution < -0.4 is 4.90 Å². The summed E-state index contributed by atoms with van der Waals surface area (Å²) in [6.45, 7) is 0. The minimum atomic E-state index is 0.843. The molecule has 39 heavy (non-hydrogen) atoms. The number of hydrogen-bond donors (Lipinski definition) is 0. The summed E-state index contributed by atoms with van der Waals surface area (Å²) in [6, 6.07) is 48.2. The Labute approximate surface area is 225 Å². The zero-order chi connectivity index (χ0) is 25.8. The average molecular weight is 502 g/mol. The molecule has 8 aromatic rings. The van der Waals surface area contributed by atoms with E-state index in [2.05, 4.69) is 108 Å². The van der Waals surface area contributed by atoms with Crippen LogP contribution >= 0.6 is 0 Å². The van der Waals surface area contributed by atoms with E-state index in [-0.39, 0.29) is 0 Å². The molecule has 0 spiro atoms. The lowest BCUT2D eigenvalue weighted by Crippen LogP contribution is -2.10. The van der Waals surface area contributed by atoms with E-state index in [0.717, 1.165) is 72.1 Å². The summed E-state index contributed by atoms with van der Waals surface area (Å²) in [6.07, 6.45) is 0. The van der Waals surface area contributed by atoms with Gasteiger partial charge in [-0.2, -0.15) is 0 Å². The Bertz CT molecular complexity index is 2070. The highest BCUT2D eigenvalue weighted by Gasteiger charge is 2.23. The first-order valence-electron chi connectivity index (χ1n) is 13.1. The van der Waals surface area contributed by atoms with Crippen molar-refractivity contribution in [3.8, 4) is 11.1 Å². The molecule has 0 fully saturated rings. The molecule has 0 aliphatic heterocycles. The summed E-state index contributed by atoms with van der Waals surface area (Å²) in [5, 5.41) is 4.32. The van der Waals surface area contributed by atoms with Gasteiger partial charge in [0, 0.05) is 32.9 Å². The van der Waals surface area contributed by atoms with Gasteiger partial charge in [0.25, 0.3) is 0 Å². The van der Waals surface area contributed by atoms with Crippen LogP contribution in [-0.4, -0.2) is 0 Å². The van der Waals surface area contributed by atoms with Crippen molar-refractivity contribution in [3.05, 3.63) is 140 Å². The van der Waals surface area contributed by atoms with E-state index in [9.17, 15) is 0 Å². The van der Waals surface area contributed by atoms with Crippen molar-refractivity contribution >= 4 is 60.9 Å². The zero-order valence-electron chi connectivity index (χ0n) is 21.0. The lowest BCUT2D eigenvalue weighted by Gasteiger charge is -2.26. The fourth-order valence-electron chi connectivity index (χ4n) is 5.71. The molecule has 2 aromatic heterocycles. The molecule has 0 saturated heterocycles. The first-order valence-corrected chi connectivity index (χ1v) is 13.1. The normalized spacial score (nSPS) is 11.6. The summed E-state index contributed by atoms with van der Waals surface area (Å²) in [4.78, 5) is 2.28. The van der Waals surface area contributed by atoms with Gasteiger partial charge < -0.3 is 13.7 Å². The average Bonchev–Trinajstić information content (AvgIpc) is 3.57. The van der Waals surface area contributed by atoms with E-state index in [1.165, 1.54) is 0 Å². The van der Waals surface area contributed by atoms with E-state index >= 15 is 0 Å². The number of rotatable bonds is 4. The van der Waals surface area contributed by atoms with Gasteiger partial charge in [0.2, 0.25) is 0 Å². The molecule has 0 bridgehead atoms. The molecular weight excluding hydrogens is 478 g/mol. The zero-order valence-corrected chi connectivity index (χ0v) is 21.0. The molecule has 184 valence electrons. The summed E-state index contributed by atoms with van der Waals surface area (Å²) in [5.41, 5.74) is 8.82. The monoisotopic (exact) mass is 501 g/mol. The van der Waals surface area contributed by atoms with Crippen LogP contribution in [0.4, 0.5) is 17.1 Å². The van der Waals surface area contributed by atoms with Crippen LogP contribution in [0.5, 0.6) is 0 Å². The highest BCUT2D eigenvalue weighted by molar-refractivity contribution is 6.27. The van der Waals surface area contributed by atoms with Crippen LogP contribution in [-0.2, 0) is 0 Å². The quantitative estimate of drug-likeness (QED) is 0.240. The van der Waals surface area contributed by atoms with Gasteiger partial charge in [0.05, 0.1) is 5.69 Å². The van der Waals surface area contributed by atoms with Gasteiger partial charge in [-0.05, 0) is 65.7 Å². The number of para-hydroxylation sites is 3. The molecular formula is C36H23NO2. The number of fused-ring (bicyclic) bond motifs is 7. The molecule has 0 atom stereocenters. The standard InChI is InChI=1S/C36H23NO2/c1-4-12-24(13-5-1)25-22-29-35-33(21-20-32-34(35)28-18-10-11-19-31(28)38-32)39-36(29)30(23-25)37(26-14-6-2-7-15-26)27-16-8-3-9-17-27/h1-23H. The molecule has 0 N–H and O–H groups in total. The van der Waals surface area contributed by atoms with Gasteiger partial charge in [0.15, 0.2) is 5.58 Å². The van der Waals surface area contributed by atoms with E-state index in [0.29, 0.717) is 0 Å². The minimum Gasteiger partial charge on any atom is -0.456 e. The van der Waals surface area contributed by atoms with Crippen LogP contribution in [0.1, 0.15) is 0 Å². The Morgan fingerprint density at radius 1 is 0.410 bits per heavy atom. The lowest BCUT2D eigenvalue weighted by atomic mass is 9.99. The van der Waals surface area contributed by atoms with E-state index in [1.807, 2.05) is 36.4 Å². The molecule has 0 unspecified atom stereocenters. The fraction of sp³-hybridized carbons (Fsp3) is 0. The maximum atomic E-state index is 6.74. The van der Waals surface area contributed by atoms with Crippen molar-refractivity contribution in [2.75, 3.05) is 4.90 Å². The number of benzene rings is 6. The van der Waals surface area contributed by atoms with Crippen LogP contribution in [0.15, 0.2) is 148 Å². The van der Waals surface area contributed by atoms with Crippen molar-refractivity contribution in [3.63, 3.8) is 0 Å². The molecule has 0 aliphatic carbocycles. The topological polar surface area (TPSA) is 29.5 Å². The molecule has 8 rings (SSSR count). The van der Waals surface area contributed by atoms with Crippen molar-refractivity contribution in [2.45, 2.75) is 0 Å². The smallest absolute Gasteiger partial charge is 0.159 e. The van der Waals surface area contributed by atoms with Gasteiger partial charge in [-0.1, -0.05) is 84.9 Å². The minimum absolute atomic E-state index is 0.843. The molecule has 0 aliphatic rings. The van der Waals surface area contributed by atoms with Gasteiger partial charge in [-0.3, -0.25) is 0 Å². The second kappa shape index (κ2) is 8.64. The third-order valence-corrected chi connectivity index (χ3v) is 7.43. The number of furan rings is 2. The summed E-state index contributed by atoms with van der Waals surface area (Å²) >= 11 is 0. The molecule has 0 amide bonds. The summed E-state index contributed by atoms with van der Waals surface area (Å²) in [7, 11) is 0. The first kappa shape index (κ1) is 21.8. The number of hydrogen-bond acceptors (Lipinski definition) is 3. The van der Waals surface area contributed by atoms with Crippen molar-refractivity contribution in [1.82, 2.24) is 0 Å². The van der Waals surface area contributed by atoms with Crippen LogP contribution in [0, 0.1) is 0 Å². The molecule has 0 radical (unpaired) electrons. The third kappa shape index (κ3) is 3.44. The SMILES string of the molecule is c1ccc(-c2cc(N(c3ccccc3)c3ccccc3)c3oc4ccc5oc6ccccc6c5c4c3c2)cc1. The fourth-order valence-corrected chi connectivity index (χ4v) is 5.71. The second-order valence-electron chi connectivity index (χ2n) is 9.76. The third-order valence-electron chi connectivity index (χ3n) is 7.43. The molecule has 0 saturated carbocycles. The van der Waals surface area contributed by atoms with E-state index in [1.54, 1.807) is 0 Å². The van der Waals surface area contributed by atoms with Crippen LogP contribution in [0.2, 0.25) is 0 Å². The highest BCUT2D eigenvalue weighted by atomic mass is 16.3. The molecule has 2 heterocycles. The summed E-state index contributed by atoms with van der Waals surface area (Å²) < 4.78 is 13.0. The predicted octanol–water partition coefficient (Wildman–Crippen LogP) is 10.6. The second-order valence-corrected chi connectivity index (χ2v) is 9.76. The Balaban J connectivity index is 1.54. The maximum absolute atomic E-state index is 6.74. The maximum Gasteiger partial charge on any atom is 0.159 e. The van der Waals surface area contributed by atoms with Gasteiger partial charge in [0.1, 0.15) is 16.7 Å². The van der Waals surface area contributed by atoms with Crippen molar-refractivity contribution in [1.29, 1.82) is 0 Å². The van der Waals surface area contributed by atoms with Gasteiger partial charge >= 0.3 is 0 Å². The van der Waals surface area contributed by atoms with Crippen LogP contribution in [0.3, 0.4) is 0 Å². The Morgan fingerprint density at radius 3 is 1.67 bits per heavy atom. The first-order chi connectivity index (χ1) is 19.3. The van der Waals surface area contributed by atoms with Crippen molar-refractivity contribution in [2.24, 2.45) is 0 Å². The van der Waals surface area contributed by atoms with Gasteiger partial charge in [-0.15, -0.1) is 0 Å². The Hall–Kier alpha value is -5.28. The predicted molar refractivity (Wildman–Crippen MR) is 161 cm³/mol. The van der Waals surface area contributed by atoms with E-state index < -0.39 is 0 Å². The van der Waals surface area contributed by atoms with Gasteiger partial charge in [-0.25, -0.2) is 0 Å². The molecule has 3 heteroatoms. The number of anilines is 3. The Morgan fingerprint density at radius 2 is 0.974 bits per heavy atom. The summed E-state index contributed by atoms with van der Waals surface area (Å²) in [5.74, 6) is 0. The van der Waals surface area contributed by atoms with Crippen LogP contribution in [0.25, 0.3) is 55.0 Å². The Kier molecular flexibility index (Phi) is 4.82. The van der Waals surface area contributed by atoms with Crippen molar-refractivity contribution < 1.29 is 8.83 Å². The molecule has 6 aromatic carbocycles. The lowest BCUT2D eigenvalue weighted by molar-refractivity contribution is 0.663.